The average molecular weight is 236 g/mol. The molecule has 0 aliphatic carbocycles. The van der Waals surface area contributed by atoms with Gasteiger partial charge in [0.1, 0.15) is 6.10 Å². The van der Waals surface area contributed by atoms with Crippen LogP contribution >= 0.6 is 0 Å². The van der Waals surface area contributed by atoms with Crippen molar-refractivity contribution in [1.82, 2.24) is 15.3 Å². The van der Waals surface area contributed by atoms with E-state index in [0.29, 0.717) is 5.88 Å². The number of hydrogen-bond donors (Lipinski definition) is 1. The topological polar surface area (TPSA) is 50.3 Å². The second-order valence-corrected chi connectivity index (χ2v) is 4.09. The first-order chi connectivity index (χ1) is 8.35. The third-order valence-corrected chi connectivity index (χ3v) is 3.00. The molecule has 0 amide bonds. The van der Waals surface area contributed by atoms with E-state index in [9.17, 15) is 0 Å². The van der Waals surface area contributed by atoms with Crippen LogP contribution in [0.4, 0.5) is 5.82 Å². The summed E-state index contributed by atoms with van der Waals surface area (Å²) in [5, 5.41) is 3.28. The van der Waals surface area contributed by atoms with Crippen LogP contribution in [0.15, 0.2) is 12.4 Å². The van der Waals surface area contributed by atoms with Crippen molar-refractivity contribution in [3.05, 3.63) is 12.4 Å². The van der Waals surface area contributed by atoms with E-state index in [2.05, 4.69) is 34.0 Å². The Kier molecular flexibility index (Phi) is 4.14. The fourth-order valence-electron chi connectivity index (χ4n) is 2.03. The summed E-state index contributed by atoms with van der Waals surface area (Å²) in [5.41, 5.74) is 0. The number of nitrogens with one attached hydrogen (secondary N) is 1. The third-order valence-electron chi connectivity index (χ3n) is 3.00. The largest absolute Gasteiger partial charge is 0.470 e. The average Bonchev–Trinajstić information content (AvgIpc) is 2.86. The monoisotopic (exact) mass is 236 g/mol. The second-order valence-electron chi connectivity index (χ2n) is 4.09. The van der Waals surface area contributed by atoms with Gasteiger partial charge in [-0.3, -0.25) is 0 Å². The van der Waals surface area contributed by atoms with Crippen molar-refractivity contribution < 1.29 is 4.74 Å². The zero-order chi connectivity index (χ0) is 12.1. The maximum atomic E-state index is 5.91. The second kappa shape index (κ2) is 5.82. The van der Waals surface area contributed by atoms with E-state index in [1.807, 2.05) is 0 Å². The van der Waals surface area contributed by atoms with Crippen molar-refractivity contribution in [2.24, 2.45) is 0 Å². The van der Waals surface area contributed by atoms with Crippen LogP contribution in [0.1, 0.15) is 20.3 Å². The number of nitrogens with zero attached hydrogens (tertiary/aromatic N) is 3. The lowest BCUT2D eigenvalue weighted by Gasteiger charge is -2.22. The molecule has 1 aromatic rings. The Labute approximate surface area is 102 Å². The van der Waals surface area contributed by atoms with Crippen LogP contribution in [-0.2, 0) is 0 Å². The van der Waals surface area contributed by atoms with Crippen LogP contribution in [-0.4, -0.2) is 42.3 Å². The molecule has 1 atom stereocenters. The molecule has 1 aliphatic heterocycles. The Hall–Kier alpha value is -1.36. The first-order valence-corrected chi connectivity index (χ1v) is 6.28. The van der Waals surface area contributed by atoms with Crippen LogP contribution in [0.25, 0.3) is 0 Å². The Morgan fingerprint density at radius 3 is 2.76 bits per heavy atom. The Morgan fingerprint density at radius 2 is 2.12 bits per heavy atom. The lowest BCUT2D eigenvalue weighted by Crippen LogP contribution is -2.26. The third kappa shape index (κ3) is 2.85. The van der Waals surface area contributed by atoms with E-state index in [1.54, 1.807) is 12.4 Å². The molecule has 1 fully saturated rings. The highest BCUT2D eigenvalue weighted by molar-refractivity contribution is 5.47. The first-order valence-electron chi connectivity index (χ1n) is 6.28. The van der Waals surface area contributed by atoms with Crippen LogP contribution < -0.4 is 15.0 Å². The molecule has 5 nitrogen and oxygen atoms in total. The highest BCUT2D eigenvalue weighted by Gasteiger charge is 2.20. The molecular formula is C12H20N4O. The van der Waals surface area contributed by atoms with Gasteiger partial charge in [-0.15, -0.1) is 0 Å². The molecule has 1 aliphatic rings. The van der Waals surface area contributed by atoms with Gasteiger partial charge in [0.2, 0.25) is 0 Å². The molecule has 1 unspecified atom stereocenters. The molecule has 94 valence electrons. The van der Waals surface area contributed by atoms with E-state index < -0.39 is 0 Å². The SMILES string of the molecule is CCN(CC)c1nccnc1OC1CCNC1. The van der Waals surface area contributed by atoms with Crippen LogP contribution in [0.2, 0.25) is 0 Å². The normalized spacial score (nSPS) is 19.3. The van der Waals surface area contributed by atoms with Crippen LogP contribution in [0.5, 0.6) is 5.88 Å². The molecule has 0 radical (unpaired) electrons. The highest BCUT2D eigenvalue weighted by atomic mass is 16.5. The summed E-state index contributed by atoms with van der Waals surface area (Å²) in [6.45, 7) is 7.96. The molecule has 0 saturated carbocycles. The van der Waals surface area contributed by atoms with Gasteiger partial charge in [-0.1, -0.05) is 0 Å². The summed E-state index contributed by atoms with van der Waals surface area (Å²) in [6.07, 6.45) is 4.66. The van der Waals surface area contributed by atoms with Crippen molar-refractivity contribution >= 4 is 5.82 Å². The molecule has 0 spiro atoms. The minimum atomic E-state index is 0.223. The lowest BCUT2D eigenvalue weighted by molar-refractivity contribution is 0.213. The van der Waals surface area contributed by atoms with Crippen molar-refractivity contribution in [2.75, 3.05) is 31.1 Å². The van der Waals surface area contributed by atoms with E-state index in [-0.39, 0.29) is 6.10 Å². The van der Waals surface area contributed by atoms with Gasteiger partial charge >= 0.3 is 0 Å². The first kappa shape index (κ1) is 12.1. The zero-order valence-corrected chi connectivity index (χ0v) is 10.5. The summed E-state index contributed by atoms with van der Waals surface area (Å²) in [4.78, 5) is 10.8. The summed E-state index contributed by atoms with van der Waals surface area (Å²) >= 11 is 0. The molecular weight excluding hydrogens is 216 g/mol. The van der Waals surface area contributed by atoms with Gasteiger partial charge in [0.05, 0.1) is 0 Å². The van der Waals surface area contributed by atoms with E-state index in [4.69, 9.17) is 4.74 Å². The smallest absolute Gasteiger partial charge is 0.257 e. The highest BCUT2D eigenvalue weighted by Crippen LogP contribution is 2.24. The maximum Gasteiger partial charge on any atom is 0.257 e. The number of ether oxygens (including phenoxy) is 1. The van der Waals surface area contributed by atoms with Gasteiger partial charge < -0.3 is 15.0 Å². The van der Waals surface area contributed by atoms with Crippen LogP contribution in [0.3, 0.4) is 0 Å². The molecule has 2 rings (SSSR count). The van der Waals surface area contributed by atoms with Crippen molar-refractivity contribution in [2.45, 2.75) is 26.4 Å². The number of aromatic nitrogens is 2. The molecule has 0 aromatic carbocycles. The van der Waals surface area contributed by atoms with E-state index in [1.165, 1.54) is 0 Å². The van der Waals surface area contributed by atoms with E-state index >= 15 is 0 Å². The van der Waals surface area contributed by atoms with Gasteiger partial charge in [-0.25, -0.2) is 9.97 Å². The fraction of sp³-hybridized carbons (Fsp3) is 0.667. The molecule has 1 N–H and O–H groups in total. The summed E-state index contributed by atoms with van der Waals surface area (Å²) < 4.78 is 5.91. The maximum absolute atomic E-state index is 5.91. The summed E-state index contributed by atoms with van der Waals surface area (Å²) in [7, 11) is 0. The van der Waals surface area contributed by atoms with Crippen molar-refractivity contribution in [3.8, 4) is 5.88 Å². The quantitative estimate of drug-likeness (QED) is 0.828. The van der Waals surface area contributed by atoms with Gasteiger partial charge in [0, 0.05) is 32.0 Å². The summed E-state index contributed by atoms with van der Waals surface area (Å²) in [5.74, 6) is 1.51. The zero-order valence-electron chi connectivity index (χ0n) is 10.5. The standard InChI is InChI=1S/C12H20N4O/c1-3-16(4-2)11-12(15-8-7-14-11)17-10-5-6-13-9-10/h7-8,10,13H,3-6,9H2,1-2H3. The minimum Gasteiger partial charge on any atom is -0.470 e. The van der Waals surface area contributed by atoms with Crippen molar-refractivity contribution in [3.63, 3.8) is 0 Å². The Balaban J connectivity index is 2.14. The number of anilines is 1. The molecule has 17 heavy (non-hydrogen) atoms. The fourth-order valence-corrected chi connectivity index (χ4v) is 2.03. The predicted octanol–water partition coefficient (Wildman–Crippen LogP) is 1.06. The Morgan fingerprint density at radius 1 is 1.35 bits per heavy atom. The molecule has 0 bridgehead atoms. The number of rotatable bonds is 5. The van der Waals surface area contributed by atoms with Gasteiger partial charge in [0.25, 0.3) is 5.88 Å². The number of hydrogen-bond acceptors (Lipinski definition) is 5. The predicted molar refractivity (Wildman–Crippen MR) is 67.5 cm³/mol. The molecule has 5 heteroatoms. The van der Waals surface area contributed by atoms with Crippen molar-refractivity contribution in [1.29, 1.82) is 0 Å². The molecule has 1 saturated heterocycles. The Bertz CT molecular complexity index is 348. The summed E-state index contributed by atoms with van der Waals surface area (Å²) in [6, 6.07) is 0. The van der Waals surface area contributed by atoms with E-state index in [0.717, 1.165) is 38.4 Å². The van der Waals surface area contributed by atoms with Gasteiger partial charge in [0.15, 0.2) is 5.82 Å². The molecule has 1 aromatic heterocycles. The van der Waals surface area contributed by atoms with Gasteiger partial charge in [-0.2, -0.15) is 0 Å². The lowest BCUT2D eigenvalue weighted by atomic mass is 10.3. The minimum absolute atomic E-state index is 0.223. The van der Waals surface area contributed by atoms with Crippen LogP contribution in [0, 0.1) is 0 Å². The molecule has 2 heterocycles. The van der Waals surface area contributed by atoms with Gasteiger partial charge in [-0.05, 0) is 26.8 Å².